The number of benzene rings is 1. The first kappa shape index (κ1) is 18.1. The van der Waals surface area contributed by atoms with E-state index in [0.717, 1.165) is 54.1 Å². The van der Waals surface area contributed by atoms with E-state index in [0.29, 0.717) is 17.3 Å². The van der Waals surface area contributed by atoms with Gasteiger partial charge in [0, 0.05) is 55.6 Å². The SMILES string of the molecule is O=S(=O)(c1cc2c(N3CCNCC3)nccc2s1)N1CCc2ccccc2C1. The van der Waals surface area contributed by atoms with Gasteiger partial charge in [0.1, 0.15) is 10.0 Å². The molecule has 0 spiro atoms. The lowest BCUT2D eigenvalue weighted by Gasteiger charge is -2.28. The Morgan fingerprint density at radius 3 is 2.64 bits per heavy atom. The van der Waals surface area contributed by atoms with Crippen molar-refractivity contribution in [1.29, 1.82) is 0 Å². The molecule has 0 radical (unpaired) electrons. The number of rotatable bonds is 3. The lowest BCUT2D eigenvalue weighted by Crippen LogP contribution is -2.43. The van der Waals surface area contributed by atoms with Crippen LogP contribution in [0.25, 0.3) is 10.1 Å². The van der Waals surface area contributed by atoms with E-state index in [1.807, 2.05) is 30.3 Å². The summed E-state index contributed by atoms with van der Waals surface area (Å²) in [5, 5.41) is 4.28. The van der Waals surface area contributed by atoms with E-state index < -0.39 is 10.0 Å². The summed E-state index contributed by atoms with van der Waals surface area (Å²) < 4.78 is 29.7. The molecule has 4 heterocycles. The minimum atomic E-state index is -3.52. The van der Waals surface area contributed by atoms with E-state index >= 15 is 0 Å². The van der Waals surface area contributed by atoms with Gasteiger partial charge in [-0.2, -0.15) is 4.31 Å². The van der Waals surface area contributed by atoms with Gasteiger partial charge in [0.25, 0.3) is 10.0 Å². The van der Waals surface area contributed by atoms with Gasteiger partial charge in [-0.15, -0.1) is 11.3 Å². The third kappa shape index (κ3) is 3.10. The summed E-state index contributed by atoms with van der Waals surface area (Å²) in [5.74, 6) is 0.890. The van der Waals surface area contributed by atoms with Gasteiger partial charge in [0.2, 0.25) is 0 Å². The van der Waals surface area contributed by atoms with Crippen LogP contribution in [0.1, 0.15) is 11.1 Å². The van der Waals surface area contributed by atoms with E-state index in [4.69, 9.17) is 0 Å². The molecule has 0 bridgehead atoms. The number of anilines is 1. The third-order valence-electron chi connectivity index (χ3n) is 5.51. The zero-order chi connectivity index (χ0) is 19.1. The first-order chi connectivity index (χ1) is 13.6. The summed E-state index contributed by atoms with van der Waals surface area (Å²) in [4.78, 5) is 6.80. The molecule has 146 valence electrons. The van der Waals surface area contributed by atoms with Crippen molar-refractivity contribution in [3.63, 3.8) is 0 Å². The van der Waals surface area contributed by atoms with E-state index in [-0.39, 0.29) is 0 Å². The Hall–Kier alpha value is -2.00. The number of fused-ring (bicyclic) bond motifs is 2. The predicted octanol–water partition coefficient (Wildman–Crippen LogP) is 2.45. The van der Waals surface area contributed by atoms with Crippen molar-refractivity contribution < 1.29 is 8.42 Å². The Balaban J connectivity index is 1.50. The second kappa shape index (κ2) is 7.11. The molecular weight excluding hydrogens is 392 g/mol. The monoisotopic (exact) mass is 414 g/mol. The summed E-state index contributed by atoms with van der Waals surface area (Å²) in [6.45, 7) is 4.56. The molecule has 1 fully saturated rings. The molecule has 8 heteroatoms. The fourth-order valence-corrected chi connectivity index (χ4v) is 6.93. The molecule has 0 aliphatic carbocycles. The van der Waals surface area contributed by atoms with Gasteiger partial charge in [0.05, 0.1) is 0 Å². The van der Waals surface area contributed by atoms with Gasteiger partial charge >= 0.3 is 0 Å². The molecule has 2 aliphatic heterocycles. The van der Waals surface area contributed by atoms with Crippen molar-refractivity contribution in [2.45, 2.75) is 17.2 Å². The van der Waals surface area contributed by atoms with Gasteiger partial charge in [-0.3, -0.25) is 0 Å². The van der Waals surface area contributed by atoms with Gasteiger partial charge in [-0.05, 0) is 29.7 Å². The lowest BCUT2D eigenvalue weighted by molar-refractivity contribution is 0.392. The van der Waals surface area contributed by atoms with Crippen molar-refractivity contribution in [3.8, 4) is 0 Å². The molecule has 28 heavy (non-hydrogen) atoms. The van der Waals surface area contributed by atoms with E-state index in [1.165, 1.54) is 16.9 Å². The van der Waals surface area contributed by atoms with Gasteiger partial charge in [-0.1, -0.05) is 24.3 Å². The Kier molecular flexibility index (Phi) is 4.59. The van der Waals surface area contributed by atoms with Crippen LogP contribution in [0.15, 0.2) is 46.8 Å². The zero-order valence-electron chi connectivity index (χ0n) is 15.5. The molecule has 5 rings (SSSR count). The maximum Gasteiger partial charge on any atom is 0.252 e. The number of aromatic nitrogens is 1. The molecule has 0 atom stereocenters. The molecule has 1 N–H and O–H groups in total. The third-order valence-corrected chi connectivity index (χ3v) is 8.90. The summed E-state index contributed by atoms with van der Waals surface area (Å²) in [5.41, 5.74) is 2.34. The quantitative estimate of drug-likeness (QED) is 0.713. The smallest absolute Gasteiger partial charge is 0.252 e. The van der Waals surface area contributed by atoms with Crippen LogP contribution in [0.2, 0.25) is 0 Å². The topological polar surface area (TPSA) is 65.5 Å². The Morgan fingerprint density at radius 2 is 1.82 bits per heavy atom. The maximum absolute atomic E-state index is 13.3. The van der Waals surface area contributed by atoms with E-state index in [9.17, 15) is 8.42 Å². The predicted molar refractivity (Wildman–Crippen MR) is 112 cm³/mol. The van der Waals surface area contributed by atoms with Crippen LogP contribution in [0.4, 0.5) is 5.82 Å². The van der Waals surface area contributed by atoms with Crippen molar-refractivity contribution >= 4 is 37.3 Å². The van der Waals surface area contributed by atoms with Crippen LogP contribution >= 0.6 is 11.3 Å². The fourth-order valence-electron chi connectivity index (χ4n) is 3.98. The fraction of sp³-hybridized carbons (Fsp3) is 0.350. The van der Waals surface area contributed by atoms with Crippen LogP contribution in [0, 0.1) is 0 Å². The minimum absolute atomic E-state index is 0.409. The molecule has 6 nitrogen and oxygen atoms in total. The molecule has 2 aromatic heterocycles. The van der Waals surface area contributed by atoms with Crippen molar-refractivity contribution in [2.24, 2.45) is 0 Å². The standard InChI is InChI=1S/C20H22N4O2S2/c25-28(26,24-10-6-15-3-1-2-4-16(15)14-24)19-13-17-18(27-19)5-7-22-20(17)23-11-8-21-9-12-23/h1-5,7,13,21H,6,8-12,14H2. The largest absolute Gasteiger partial charge is 0.354 e. The summed E-state index contributed by atoms with van der Waals surface area (Å²) in [7, 11) is -3.52. The molecule has 1 saturated heterocycles. The van der Waals surface area contributed by atoms with Crippen LogP contribution < -0.4 is 10.2 Å². The normalized spacial score (nSPS) is 18.4. The van der Waals surface area contributed by atoms with Gasteiger partial charge < -0.3 is 10.2 Å². The molecule has 0 amide bonds. The molecule has 2 aliphatic rings. The second-order valence-corrected chi connectivity index (χ2v) is 10.5. The molecule has 0 unspecified atom stereocenters. The molecule has 0 saturated carbocycles. The number of piperazine rings is 1. The number of nitrogens with one attached hydrogen (secondary N) is 1. The van der Waals surface area contributed by atoms with Crippen LogP contribution in [-0.4, -0.2) is 50.4 Å². The highest BCUT2D eigenvalue weighted by Crippen LogP contribution is 2.36. The number of hydrogen-bond acceptors (Lipinski definition) is 6. The highest BCUT2D eigenvalue weighted by molar-refractivity contribution is 7.91. The maximum atomic E-state index is 13.3. The zero-order valence-corrected chi connectivity index (χ0v) is 17.1. The van der Waals surface area contributed by atoms with Crippen LogP contribution in [0.5, 0.6) is 0 Å². The molecule has 1 aromatic carbocycles. The summed E-state index contributed by atoms with van der Waals surface area (Å²) in [6, 6.07) is 11.8. The Bertz CT molecular complexity index is 1120. The second-order valence-electron chi connectivity index (χ2n) is 7.21. The summed E-state index contributed by atoms with van der Waals surface area (Å²) >= 11 is 1.35. The lowest BCUT2D eigenvalue weighted by atomic mass is 10.0. The number of sulfonamides is 1. The number of nitrogens with zero attached hydrogens (tertiary/aromatic N) is 3. The first-order valence-corrected chi connectivity index (χ1v) is 11.8. The van der Waals surface area contributed by atoms with Crippen LogP contribution in [-0.2, 0) is 23.0 Å². The minimum Gasteiger partial charge on any atom is -0.354 e. The van der Waals surface area contributed by atoms with Gasteiger partial charge in [0.15, 0.2) is 0 Å². The average Bonchev–Trinajstić information content (AvgIpc) is 3.19. The summed E-state index contributed by atoms with van der Waals surface area (Å²) in [6.07, 6.45) is 2.54. The van der Waals surface area contributed by atoms with Crippen molar-refractivity contribution in [2.75, 3.05) is 37.6 Å². The Morgan fingerprint density at radius 1 is 1.04 bits per heavy atom. The highest BCUT2D eigenvalue weighted by Gasteiger charge is 2.30. The Labute approximate surface area is 168 Å². The molecule has 3 aromatic rings. The van der Waals surface area contributed by atoms with E-state index in [1.54, 1.807) is 10.5 Å². The first-order valence-electron chi connectivity index (χ1n) is 9.54. The van der Waals surface area contributed by atoms with Gasteiger partial charge in [-0.25, -0.2) is 13.4 Å². The average molecular weight is 415 g/mol. The number of pyridine rings is 1. The van der Waals surface area contributed by atoms with Crippen LogP contribution in [0.3, 0.4) is 0 Å². The highest BCUT2D eigenvalue weighted by atomic mass is 32.2. The number of thiophene rings is 1. The molecular formula is C20H22N4O2S2. The van der Waals surface area contributed by atoms with Crippen molar-refractivity contribution in [3.05, 3.63) is 53.7 Å². The van der Waals surface area contributed by atoms with Crippen molar-refractivity contribution in [1.82, 2.24) is 14.6 Å². The number of hydrogen-bond donors (Lipinski definition) is 1. The van der Waals surface area contributed by atoms with E-state index in [2.05, 4.69) is 21.3 Å².